The van der Waals surface area contributed by atoms with Crippen LogP contribution < -0.4 is 31.0 Å². The largest absolute Gasteiger partial charge is 0.493 e. The summed E-state index contributed by atoms with van der Waals surface area (Å²) < 4.78 is 12.6. The number of nitrogens with two attached hydrogens (primary N) is 1. The maximum Gasteiger partial charge on any atom is 0.293 e. The molecule has 1 aromatic carbocycles. The number of hydrogen-bond donors (Lipinski definition) is 2. The summed E-state index contributed by atoms with van der Waals surface area (Å²) in [6.07, 6.45) is 3.33. The molecule has 0 aliphatic carbocycles. The van der Waals surface area contributed by atoms with Crippen LogP contribution in [-0.4, -0.2) is 49.4 Å². The zero-order valence-electron chi connectivity index (χ0n) is 14.3. The molecule has 134 valence electrons. The molecule has 1 aliphatic heterocycles. The van der Waals surface area contributed by atoms with Gasteiger partial charge in [0.05, 0.1) is 13.7 Å². The maximum atomic E-state index is 12.6. The molecule has 0 amide bonds. The highest BCUT2D eigenvalue weighted by Gasteiger charge is 2.16. The van der Waals surface area contributed by atoms with Crippen LogP contribution in [0, 0.1) is 0 Å². The molecule has 0 bridgehead atoms. The summed E-state index contributed by atoms with van der Waals surface area (Å²) >= 11 is 0. The van der Waals surface area contributed by atoms with Gasteiger partial charge in [-0.15, -0.1) is 0 Å². The first-order valence-corrected chi connectivity index (χ1v) is 8.26. The predicted molar refractivity (Wildman–Crippen MR) is 96.5 cm³/mol. The van der Waals surface area contributed by atoms with Gasteiger partial charge in [-0.2, -0.15) is 0 Å². The number of aromatic nitrogens is 2. The van der Waals surface area contributed by atoms with E-state index in [1.165, 1.54) is 0 Å². The first-order chi connectivity index (χ1) is 12.2. The van der Waals surface area contributed by atoms with E-state index >= 15 is 0 Å². The van der Waals surface area contributed by atoms with Crippen LogP contribution in [0.4, 0.5) is 11.5 Å². The van der Waals surface area contributed by atoms with Crippen LogP contribution >= 0.6 is 0 Å². The molecule has 25 heavy (non-hydrogen) atoms. The van der Waals surface area contributed by atoms with Gasteiger partial charge in [0.1, 0.15) is 6.61 Å². The highest BCUT2D eigenvalue weighted by atomic mass is 16.5. The van der Waals surface area contributed by atoms with Gasteiger partial charge in [0.2, 0.25) is 0 Å². The fourth-order valence-electron chi connectivity index (χ4n) is 2.77. The van der Waals surface area contributed by atoms with Crippen molar-refractivity contribution in [2.45, 2.75) is 6.54 Å². The summed E-state index contributed by atoms with van der Waals surface area (Å²) in [4.78, 5) is 18.9. The first kappa shape index (κ1) is 17.1. The molecule has 8 heteroatoms. The van der Waals surface area contributed by atoms with Crippen LogP contribution in [0.25, 0.3) is 0 Å². The number of ether oxygens (including phenoxy) is 2. The lowest BCUT2D eigenvalue weighted by Crippen LogP contribution is -2.46. The first-order valence-electron chi connectivity index (χ1n) is 8.26. The van der Waals surface area contributed by atoms with E-state index < -0.39 is 0 Å². The van der Waals surface area contributed by atoms with Gasteiger partial charge in [0, 0.05) is 50.3 Å². The van der Waals surface area contributed by atoms with Crippen molar-refractivity contribution in [3.63, 3.8) is 0 Å². The number of anilines is 2. The molecule has 0 saturated carbocycles. The van der Waals surface area contributed by atoms with Crippen molar-refractivity contribution < 1.29 is 9.47 Å². The molecular formula is C17H23N5O3. The Morgan fingerprint density at radius 1 is 1.28 bits per heavy atom. The molecule has 3 N–H and O–H groups in total. The minimum atomic E-state index is -0.104. The Bertz CT molecular complexity index is 771. The van der Waals surface area contributed by atoms with Gasteiger partial charge < -0.3 is 30.0 Å². The average Bonchev–Trinajstić information content (AvgIpc) is 2.64. The normalized spacial score (nSPS) is 14.4. The molecule has 3 rings (SSSR count). The van der Waals surface area contributed by atoms with Crippen molar-refractivity contribution in [1.82, 2.24) is 14.9 Å². The van der Waals surface area contributed by atoms with Crippen LogP contribution in [0.5, 0.6) is 11.5 Å². The summed E-state index contributed by atoms with van der Waals surface area (Å²) in [5.41, 5.74) is 6.27. The summed E-state index contributed by atoms with van der Waals surface area (Å²) in [6, 6.07) is 5.21. The minimum absolute atomic E-state index is 0.104. The van der Waals surface area contributed by atoms with Gasteiger partial charge in [-0.05, 0) is 12.1 Å². The molecule has 2 aromatic rings. The SMILES string of the molecule is COc1ccc(N)cc1OCCn1ccnc(N2CCNCC2)c1=O. The van der Waals surface area contributed by atoms with Crippen molar-refractivity contribution in [3.8, 4) is 11.5 Å². The fraction of sp³-hybridized carbons (Fsp3) is 0.412. The standard InChI is InChI=1S/C17H23N5O3/c1-24-14-3-2-13(18)12-15(14)25-11-10-22-9-6-20-16(17(22)23)21-7-4-19-5-8-21/h2-3,6,9,12,19H,4-5,7-8,10-11,18H2,1H3. The third-order valence-electron chi connectivity index (χ3n) is 4.09. The highest BCUT2D eigenvalue weighted by Crippen LogP contribution is 2.28. The summed E-state index contributed by atoms with van der Waals surface area (Å²) in [5, 5.41) is 3.27. The van der Waals surface area contributed by atoms with Gasteiger partial charge in [-0.1, -0.05) is 0 Å². The Balaban J connectivity index is 1.68. The molecule has 0 atom stereocenters. The number of nitrogens with one attached hydrogen (secondary N) is 1. The van der Waals surface area contributed by atoms with Gasteiger partial charge in [0.15, 0.2) is 17.3 Å². The number of methoxy groups -OCH3 is 1. The molecule has 0 spiro atoms. The molecule has 2 heterocycles. The number of nitrogen functional groups attached to an aromatic ring is 1. The predicted octanol–water partition coefficient (Wildman–Crippen LogP) is 0.323. The minimum Gasteiger partial charge on any atom is -0.493 e. The molecule has 1 fully saturated rings. The van der Waals surface area contributed by atoms with E-state index in [0.717, 1.165) is 26.2 Å². The van der Waals surface area contributed by atoms with Crippen LogP contribution in [0.3, 0.4) is 0 Å². The van der Waals surface area contributed by atoms with Gasteiger partial charge in [0.25, 0.3) is 5.56 Å². The lowest BCUT2D eigenvalue weighted by molar-refractivity contribution is 0.278. The third-order valence-corrected chi connectivity index (χ3v) is 4.09. The summed E-state index contributed by atoms with van der Waals surface area (Å²) in [5.74, 6) is 1.66. The van der Waals surface area contributed by atoms with Crippen molar-refractivity contribution in [1.29, 1.82) is 0 Å². The zero-order chi connectivity index (χ0) is 17.6. The Hall–Kier alpha value is -2.74. The fourth-order valence-corrected chi connectivity index (χ4v) is 2.77. The highest BCUT2D eigenvalue weighted by molar-refractivity contribution is 5.51. The van der Waals surface area contributed by atoms with E-state index in [4.69, 9.17) is 15.2 Å². The molecule has 0 unspecified atom stereocenters. The lowest BCUT2D eigenvalue weighted by Gasteiger charge is -2.27. The van der Waals surface area contributed by atoms with E-state index in [-0.39, 0.29) is 5.56 Å². The van der Waals surface area contributed by atoms with Crippen LogP contribution in [0.1, 0.15) is 0 Å². The lowest BCUT2D eigenvalue weighted by atomic mass is 10.3. The van der Waals surface area contributed by atoms with Crippen LogP contribution in [0.15, 0.2) is 35.4 Å². The van der Waals surface area contributed by atoms with Crippen molar-refractivity contribution in [3.05, 3.63) is 40.9 Å². The third kappa shape index (κ3) is 4.03. The second-order valence-electron chi connectivity index (χ2n) is 5.75. The average molecular weight is 345 g/mol. The molecule has 1 aliphatic rings. The smallest absolute Gasteiger partial charge is 0.293 e. The maximum absolute atomic E-state index is 12.6. The zero-order valence-corrected chi connectivity index (χ0v) is 14.3. The van der Waals surface area contributed by atoms with E-state index in [2.05, 4.69) is 10.3 Å². The van der Waals surface area contributed by atoms with E-state index in [9.17, 15) is 4.79 Å². The molecule has 1 saturated heterocycles. The van der Waals surface area contributed by atoms with E-state index in [0.29, 0.717) is 36.2 Å². The monoisotopic (exact) mass is 345 g/mol. The Labute approximate surface area is 146 Å². The number of hydrogen-bond acceptors (Lipinski definition) is 7. The molecular weight excluding hydrogens is 322 g/mol. The number of benzene rings is 1. The number of rotatable bonds is 6. The van der Waals surface area contributed by atoms with Crippen molar-refractivity contribution in [2.24, 2.45) is 0 Å². The van der Waals surface area contributed by atoms with Crippen molar-refractivity contribution >= 4 is 11.5 Å². The second-order valence-corrected chi connectivity index (χ2v) is 5.75. The summed E-state index contributed by atoms with van der Waals surface area (Å²) in [7, 11) is 1.57. The quantitative estimate of drug-likeness (QED) is 0.728. The van der Waals surface area contributed by atoms with E-state index in [1.54, 1.807) is 42.3 Å². The number of nitrogens with zero attached hydrogens (tertiary/aromatic N) is 3. The summed E-state index contributed by atoms with van der Waals surface area (Å²) in [6.45, 7) is 4.01. The van der Waals surface area contributed by atoms with Crippen LogP contribution in [0.2, 0.25) is 0 Å². The molecule has 1 aromatic heterocycles. The molecule has 8 nitrogen and oxygen atoms in total. The Morgan fingerprint density at radius 2 is 2.08 bits per heavy atom. The van der Waals surface area contributed by atoms with Crippen LogP contribution in [-0.2, 0) is 6.54 Å². The van der Waals surface area contributed by atoms with Gasteiger partial charge in [-0.25, -0.2) is 4.98 Å². The second kappa shape index (κ2) is 7.89. The van der Waals surface area contributed by atoms with Gasteiger partial charge >= 0.3 is 0 Å². The topological polar surface area (TPSA) is 94.6 Å². The molecule has 0 radical (unpaired) electrons. The van der Waals surface area contributed by atoms with Crippen molar-refractivity contribution in [2.75, 3.05) is 50.5 Å². The van der Waals surface area contributed by atoms with Gasteiger partial charge in [-0.3, -0.25) is 4.79 Å². The Kier molecular flexibility index (Phi) is 5.39. The number of piperazine rings is 1. The Morgan fingerprint density at radius 3 is 2.84 bits per heavy atom. The van der Waals surface area contributed by atoms with E-state index in [1.807, 2.05) is 4.90 Å².